The zero-order chi connectivity index (χ0) is 23.4. The van der Waals surface area contributed by atoms with Crippen molar-refractivity contribution in [2.24, 2.45) is 5.92 Å². The van der Waals surface area contributed by atoms with Gasteiger partial charge >= 0.3 is 12.1 Å². The molecule has 1 saturated carbocycles. The zero-order valence-electron chi connectivity index (χ0n) is 18.8. The van der Waals surface area contributed by atoms with E-state index in [2.05, 4.69) is 29.6 Å². The number of benzene rings is 2. The molecule has 0 saturated heterocycles. The Morgan fingerprint density at radius 1 is 1.03 bits per heavy atom. The predicted octanol–water partition coefficient (Wildman–Crippen LogP) is 4.02. The number of fused-ring (bicyclic) bond motifs is 3. The van der Waals surface area contributed by atoms with Crippen LogP contribution in [0, 0.1) is 5.92 Å². The van der Waals surface area contributed by atoms with Gasteiger partial charge in [0, 0.05) is 31.5 Å². The fourth-order valence-corrected chi connectivity index (χ4v) is 5.04. The number of nitrogens with zero attached hydrogens (tertiary/aromatic N) is 1. The highest BCUT2D eigenvalue weighted by molar-refractivity contribution is 5.80. The Morgan fingerprint density at radius 2 is 1.67 bits per heavy atom. The lowest BCUT2D eigenvalue weighted by atomic mass is 9.85. The van der Waals surface area contributed by atoms with Gasteiger partial charge in [-0.2, -0.15) is 0 Å². The van der Waals surface area contributed by atoms with Gasteiger partial charge in [0.2, 0.25) is 5.91 Å². The number of hydrogen-bond acceptors (Lipinski definition) is 4. The second-order valence-corrected chi connectivity index (χ2v) is 8.93. The Hall–Kier alpha value is -3.35. The maximum Gasteiger partial charge on any atom is 0.407 e. The molecule has 0 radical (unpaired) electrons. The second kappa shape index (κ2) is 10.1. The standard InChI is InChI=1S/C26H30N2O5/c1-28(14-13-24(29)30)25(31)17-7-6-8-18(15-17)27-26(32)33-16-23-21-11-4-2-9-19(21)20-10-3-5-12-22(20)23/h2-5,9-12,17-18,23H,6-8,13-16H2,1H3,(H,27,32)(H,29,30)/t17-,18+/m1/s1. The van der Waals surface area contributed by atoms with Crippen molar-refractivity contribution >= 4 is 18.0 Å². The third-order valence-corrected chi connectivity index (χ3v) is 6.73. The average Bonchev–Trinajstić information content (AvgIpc) is 3.14. The number of hydrogen-bond donors (Lipinski definition) is 2. The molecule has 0 heterocycles. The van der Waals surface area contributed by atoms with Crippen LogP contribution in [-0.4, -0.2) is 54.2 Å². The van der Waals surface area contributed by atoms with E-state index in [1.165, 1.54) is 27.2 Å². The van der Waals surface area contributed by atoms with Crippen LogP contribution in [0.3, 0.4) is 0 Å². The summed E-state index contributed by atoms with van der Waals surface area (Å²) in [4.78, 5) is 37.5. The molecule has 2 aliphatic rings. The summed E-state index contributed by atoms with van der Waals surface area (Å²) in [6, 6.07) is 16.3. The van der Waals surface area contributed by atoms with Gasteiger partial charge in [0.05, 0.1) is 6.42 Å². The van der Waals surface area contributed by atoms with E-state index in [-0.39, 0.29) is 43.4 Å². The molecule has 0 aliphatic heterocycles. The molecular weight excluding hydrogens is 420 g/mol. The van der Waals surface area contributed by atoms with Gasteiger partial charge in [-0.15, -0.1) is 0 Å². The first-order valence-electron chi connectivity index (χ1n) is 11.5. The highest BCUT2D eigenvalue weighted by Crippen LogP contribution is 2.44. The molecule has 2 aromatic rings. The van der Waals surface area contributed by atoms with Crippen molar-refractivity contribution in [3.8, 4) is 11.1 Å². The van der Waals surface area contributed by atoms with Crippen molar-refractivity contribution in [2.75, 3.05) is 20.2 Å². The van der Waals surface area contributed by atoms with E-state index < -0.39 is 12.1 Å². The van der Waals surface area contributed by atoms with Gasteiger partial charge in [-0.05, 0) is 41.5 Å². The first-order valence-corrected chi connectivity index (χ1v) is 11.5. The summed E-state index contributed by atoms with van der Waals surface area (Å²) in [7, 11) is 1.63. The van der Waals surface area contributed by atoms with Crippen molar-refractivity contribution in [1.82, 2.24) is 10.2 Å². The second-order valence-electron chi connectivity index (χ2n) is 8.93. The molecular formula is C26H30N2O5. The Kier molecular flexibility index (Phi) is 6.96. The van der Waals surface area contributed by atoms with E-state index in [4.69, 9.17) is 9.84 Å². The van der Waals surface area contributed by atoms with E-state index in [0.29, 0.717) is 6.42 Å². The molecule has 2 amide bonds. The van der Waals surface area contributed by atoms with Crippen molar-refractivity contribution in [1.29, 1.82) is 0 Å². The van der Waals surface area contributed by atoms with E-state index in [0.717, 1.165) is 19.3 Å². The summed E-state index contributed by atoms with van der Waals surface area (Å²) in [5.41, 5.74) is 4.70. The number of carboxylic acid groups (broad SMARTS) is 1. The van der Waals surface area contributed by atoms with Crippen LogP contribution in [0.25, 0.3) is 11.1 Å². The van der Waals surface area contributed by atoms with Crippen molar-refractivity contribution in [3.05, 3.63) is 59.7 Å². The van der Waals surface area contributed by atoms with Crippen LogP contribution in [0.4, 0.5) is 4.79 Å². The molecule has 174 valence electrons. The highest BCUT2D eigenvalue weighted by atomic mass is 16.5. The predicted molar refractivity (Wildman–Crippen MR) is 124 cm³/mol. The Bertz CT molecular complexity index is 991. The number of ether oxygens (including phenoxy) is 1. The van der Waals surface area contributed by atoms with Crippen LogP contribution in [0.5, 0.6) is 0 Å². The maximum atomic E-state index is 12.7. The van der Waals surface area contributed by atoms with Gasteiger partial charge in [0.25, 0.3) is 0 Å². The number of rotatable bonds is 7. The van der Waals surface area contributed by atoms with Crippen LogP contribution >= 0.6 is 0 Å². The minimum absolute atomic E-state index is 0.00622. The Balaban J connectivity index is 1.31. The number of carbonyl (C=O) groups is 3. The molecule has 4 rings (SSSR count). The SMILES string of the molecule is CN(CCC(=O)O)C(=O)[C@@H]1CCC[C@H](NC(=O)OCC2c3ccccc3-c3ccccc32)C1. The summed E-state index contributed by atoms with van der Waals surface area (Å²) < 4.78 is 5.64. The van der Waals surface area contributed by atoms with Crippen LogP contribution in [0.15, 0.2) is 48.5 Å². The molecule has 1 fully saturated rings. The molecule has 2 aromatic carbocycles. The summed E-state index contributed by atoms with van der Waals surface area (Å²) in [5, 5.41) is 11.8. The summed E-state index contributed by atoms with van der Waals surface area (Å²) in [6.45, 7) is 0.446. The van der Waals surface area contributed by atoms with Gasteiger partial charge < -0.3 is 20.1 Å². The molecule has 0 bridgehead atoms. The van der Waals surface area contributed by atoms with Crippen molar-refractivity contribution in [3.63, 3.8) is 0 Å². The van der Waals surface area contributed by atoms with Crippen LogP contribution in [0.2, 0.25) is 0 Å². The molecule has 7 nitrogen and oxygen atoms in total. The normalized spacial score (nSPS) is 19.3. The molecule has 0 spiro atoms. The third kappa shape index (κ3) is 5.18. The fraction of sp³-hybridized carbons (Fsp3) is 0.423. The first-order chi connectivity index (χ1) is 15.9. The fourth-order valence-electron chi connectivity index (χ4n) is 5.04. The van der Waals surface area contributed by atoms with E-state index in [1.54, 1.807) is 7.05 Å². The largest absolute Gasteiger partial charge is 0.481 e. The van der Waals surface area contributed by atoms with Crippen LogP contribution in [-0.2, 0) is 14.3 Å². The first kappa shape index (κ1) is 22.8. The van der Waals surface area contributed by atoms with Gasteiger partial charge in [-0.25, -0.2) is 4.79 Å². The van der Waals surface area contributed by atoms with Crippen LogP contribution < -0.4 is 5.32 Å². The Labute approximate surface area is 193 Å². The molecule has 2 aliphatic carbocycles. The minimum Gasteiger partial charge on any atom is -0.481 e. The van der Waals surface area contributed by atoms with Crippen LogP contribution in [0.1, 0.15) is 49.1 Å². The smallest absolute Gasteiger partial charge is 0.407 e. The quantitative estimate of drug-likeness (QED) is 0.664. The number of aliphatic carboxylic acids is 1. The summed E-state index contributed by atoms with van der Waals surface area (Å²) in [5.74, 6) is -1.19. The average molecular weight is 451 g/mol. The van der Waals surface area contributed by atoms with E-state index >= 15 is 0 Å². The molecule has 33 heavy (non-hydrogen) atoms. The lowest BCUT2D eigenvalue weighted by molar-refractivity contribution is -0.139. The monoisotopic (exact) mass is 450 g/mol. The van der Waals surface area contributed by atoms with Gasteiger partial charge in [0.1, 0.15) is 6.61 Å². The molecule has 2 atom stereocenters. The number of carbonyl (C=O) groups excluding carboxylic acids is 2. The van der Waals surface area contributed by atoms with Gasteiger partial charge in [-0.1, -0.05) is 55.0 Å². The molecule has 2 N–H and O–H groups in total. The maximum absolute atomic E-state index is 12.7. The van der Waals surface area contributed by atoms with E-state index in [1.807, 2.05) is 24.3 Å². The lowest BCUT2D eigenvalue weighted by Crippen LogP contribution is -2.43. The lowest BCUT2D eigenvalue weighted by Gasteiger charge is -2.31. The van der Waals surface area contributed by atoms with E-state index in [9.17, 15) is 14.4 Å². The van der Waals surface area contributed by atoms with Crippen molar-refractivity contribution in [2.45, 2.75) is 44.1 Å². The van der Waals surface area contributed by atoms with Gasteiger partial charge in [-0.3, -0.25) is 9.59 Å². The van der Waals surface area contributed by atoms with Gasteiger partial charge in [0.15, 0.2) is 0 Å². The molecule has 7 heteroatoms. The molecule has 0 unspecified atom stereocenters. The summed E-state index contributed by atoms with van der Waals surface area (Å²) in [6.07, 6.45) is 2.38. The number of carboxylic acids is 1. The topological polar surface area (TPSA) is 95.9 Å². The Morgan fingerprint density at radius 3 is 2.30 bits per heavy atom. The zero-order valence-corrected chi connectivity index (χ0v) is 18.8. The number of alkyl carbamates (subject to hydrolysis) is 1. The molecule has 0 aromatic heterocycles. The number of amides is 2. The number of nitrogens with one attached hydrogen (secondary N) is 1. The third-order valence-electron chi connectivity index (χ3n) is 6.73. The summed E-state index contributed by atoms with van der Waals surface area (Å²) >= 11 is 0. The minimum atomic E-state index is -0.923. The van der Waals surface area contributed by atoms with Crippen molar-refractivity contribution < 1.29 is 24.2 Å². The highest BCUT2D eigenvalue weighted by Gasteiger charge is 2.32.